The lowest BCUT2D eigenvalue weighted by atomic mass is 10.2. The van der Waals surface area contributed by atoms with Gasteiger partial charge in [0, 0.05) is 24.0 Å². The topological polar surface area (TPSA) is 104 Å². The molecule has 3 rings (SSSR count). The summed E-state index contributed by atoms with van der Waals surface area (Å²) in [6, 6.07) is 8.83. The number of pyridine rings is 1. The molecule has 9 nitrogen and oxygen atoms in total. The summed E-state index contributed by atoms with van der Waals surface area (Å²) in [6.07, 6.45) is 3.28. The summed E-state index contributed by atoms with van der Waals surface area (Å²) in [5, 5.41) is 14.9. The number of carbonyl (C=O) groups excluding carboxylic acids is 1. The molecule has 0 aliphatic rings. The number of benzene rings is 1. The number of nitrogens with one attached hydrogen (secondary N) is 1. The molecule has 1 aromatic carbocycles. The minimum absolute atomic E-state index is 0.0808. The van der Waals surface area contributed by atoms with Crippen molar-refractivity contribution in [2.45, 2.75) is 20.4 Å². The molecule has 0 spiro atoms. The van der Waals surface area contributed by atoms with Crippen LogP contribution in [0.3, 0.4) is 0 Å². The standard InChI is InChI=1S/C18H20N6O3/c1-3-26-14-5-6-16(27-4-2)15(11-14)20-17(25)12-24-22-18(21-23-24)13-7-9-19-10-8-13/h5-11H,3-4,12H2,1-2H3,(H,20,25). The molecule has 0 aliphatic carbocycles. The van der Waals surface area contributed by atoms with Gasteiger partial charge in [0.2, 0.25) is 11.7 Å². The van der Waals surface area contributed by atoms with E-state index in [0.717, 1.165) is 5.56 Å². The summed E-state index contributed by atoms with van der Waals surface area (Å²) in [6.45, 7) is 4.70. The summed E-state index contributed by atoms with van der Waals surface area (Å²) < 4.78 is 11.0. The molecule has 0 saturated heterocycles. The summed E-state index contributed by atoms with van der Waals surface area (Å²) in [5.74, 6) is 1.34. The van der Waals surface area contributed by atoms with Crippen LogP contribution in [-0.4, -0.2) is 44.3 Å². The van der Waals surface area contributed by atoms with Gasteiger partial charge in [-0.25, -0.2) is 0 Å². The van der Waals surface area contributed by atoms with Gasteiger partial charge in [0.05, 0.1) is 18.9 Å². The second-order valence-corrected chi connectivity index (χ2v) is 5.45. The molecule has 2 heterocycles. The highest BCUT2D eigenvalue weighted by Crippen LogP contribution is 2.29. The number of nitrogens with zero attached hydrogens (tertiary/aromatic N) is 5. The highest BCUT2D eigenvalue weighted by molar-refractivity contribution is 5.92. The Morgan fingerprint density at radius 1 is 1.11 bits per heavy atom. The lowest BCUT2D eigenvalue weighted by Gasteiger charge is -2.13. The van der Waals surface area contributed by atoms with Gasteiger partial charge in [0.25, 0.3) is 0 Å². The first-order valence-corrected chi connectivity index (χ1v) is 8.57. The van der Waals surface area contributed by atoms with Gasteiger partial charge in [0.15, 0.2) is 0 Å². The molecular formula is C18H20N6O3. The Kier molecular flexibility index (Phi) is 5.93. The molecule has 140 valence electrons. The van der Waals surface area contributed by atoms with E-state index >= 15 is 0 Å². The summed E-state index contributed by atoms with van der Waals surface area (Å²) >= 11 is 0. The Morgan fingerprint density at radius 2 is 1.89 bits per heavy atom. The minimum atomic E-state index is -0.303. The second kappa shape index (κ2) is 8.75. The number of aromatic nitrogens is 5. The van der Waals surface area contributed by atoms with E-state index in [4.69, 9.17) is 9.47 Å². The lowest BCUT2D eigenvalue weighted by molar-refractivity contribution is -0.117. The lowest BCUT2D eigenvalue weighted by Crippen LogP contribution is -2.21. The molecule has 2 aromatic heterocycles. The zero-order valence-electron chi connectivity index (χ0n) is 15.1. The van der Waals surface area contributed by atoms with Crippen LogP contribution in [0.1, 0.15) is 13.8 Å². The number of hydrogen-bond acceptors (Lipinski definition) is 7. The zero-order valence-corrected chi connectivity index (χ0v) is 15.1. The summed E-state index contributed by atoms with van der Waals surface area (Å²) in [7, 11) is 0. The van der Waals surface area contributed by atoms with E-state index in [2.05, 4.69) is 25.7 Å². The van der Waals surface area contributed by atoms with Gasteiger partial charge >= 0.3 is 0 Å². The predicted octanol–water partition coefficient (Wildman–Crippen LogP) is 2.17. The van der Waals surface area contributed by atoms with Crippen LogP contribution in [0.5, 0.6) is 11.5 Å². The Labute approximate surface area is 156 Å². The Hall–Kier alpha value is -3.49. The van der Waals surface area contributed by atoms with Crippen LogP contribution >= 0.6 is 0 Å². The fourth-order valence-corrected chi connectivity index (χ4v) is 2.39. The molecule has 0 atom stereocenters. The van der Waals surface area contributed by atoms with Crippen molar-refractivity contribution in [2.75, 3.05) is 18.5 Å². The van der Waals surface area contributed by atoms with Crippen molar-refractivity contribution in [1.82, 2.24) is 25.2 Å². The number of ether oxygens (including phenoxy) is 2. The van der Waals surface area contributed by atoms with E-state index in [0.29, 0.717) is 36.2 Å². The predicted molar refractivity (Wildman–Crippen MR) is 98.5 cm³/mol. The van der Waals surface area contributed by atoms with E-state index in [1.807, 2.05) is 13.8 Å². The molecule has 9 heteroatoms. The Balaban J connectivity index is 1.70. The molecule has 1 amide bonds. The van der Waals surface area contributed by atoms with E-state index in [1.165, 1.54) is 4.80 Å². The number of tetrazole rings is 1. The third-order valence-corrected chi connectivity index (χ3v) is 3.51. The van der Waals surface area contributed by atoms with Crippen LogP contribution in [0.2, 0.25) is 0 Å². The normalized spacial score (nSPS) is 10.4. The number of carbonyl (C=O) groups is 1. The average molecular weight is 368 g/mol. The highest BCUT2D eigenvalue weighted by atomic mass is 16.5. The van der Waals surface area contributed by atoms with Crippen molar-refractivity contribution >= 4 is 11.6 Å². The highest BCUT2D eigenvalue weighted by Gasteiger charge is 2.13. The van der Waals surface area contributed by atoms with Crippen LogP contribution in [0.4, 0.5) is 5.69 Å². The smallest absolute Gasteiger partial charge is 0.248 e. The number of rotatable bonds is 8. The van der Waals surface area contributed by atoms with Crippen molar-refractivity contribution in [3.8, 4) is 22.9 Å². The molecule has 0 saturated carbocycles. The number of hydrogen-bond donors (Lipinski definition) is 1. The van der Waals surface area contributed by atoms with E-state index in [9.17, 15) is 4.79 Å². The first kappa shape index (κ1) is 18.3. The van der Waals surface area contributed by atoms with Crippen LogP contribution in [0.25, 0.3) is 11.4 Å². The van der Waals surface area contributed by atoms with Crippen LogP contribution in [0.15, 0.2) is 42.7 Å². The van der Waals surface area contributed by atoms with Gasteiger partial charge < -0.3 is 14.8 Å². The fraction of sp³-hybridized carbons (Fsp3) is 0.278. The third kappa shape index (κ3) is 4.78. The van der Waals surface area contributed by atoms with Gasteiger partial charge in [0.1, 0.15) is 18.0 Å². The van der Waals surface area contributed by atoms with E-state index in [1.54, 1.807) is 42.7 Å². The van der Waals surface area contributed by atoms with Crippen molar-refractivity contribution in [3.05, 3.63) is 42.7 Å². The van der Waals surface area contributed by atoms with Crippen LogP contribution in [0, 0.1) is 0 Å². The van der Waals surface area contributed by atoms with Gasteiger partial charge in [-0.1, -0.05) is 0 Å². The largest absolute Gasteiger partial charge is 0.494 e. The van der Waals surface area contributed by atoms with Gasteiger partial charge in [-0.3, -0.25) is 9.78 Å². The molecule has 0 unspecified atom stereocenters. The maximum absolute atomic E-state index is 12.4. The number of amides is 1. The van der Waals surface area contributed by atoms with E-state index in [-0.39, 0.29) is 12.5 Å². The van der Waals surface area contributed by atoms with Gasteiger partial charge in [-0.15, -0.1) is 10.2 Å². The molecule has 27 heavy (non-hydrogen) atoms. The minimum Gasteiger partial charge on any atom is -0.494 e. The quantitative estimate of drug-likeness (QED) is 0.650. The third-order valence-electron chi connectivity index (χ3n) is 3.51. The van der Waals surface area contributed by atoms with Crippen molar-refractivity contribution in [2.24, 2.45) is 0 Å². The number of anilines is 1. The Morgan fingerprint density at radius 3 is 2.63 bits per heavy atom. The monoisotopic (exact) mass is 368 g/mol. The molecular weight excluding hydrogens is 348 g/mol. The van der Waals surface area contributed by atoms with Crippen molar-refractivity contribution in [3.63, 3.8) is 0 Å². The van der Waals surface area contributed by atoms with Gasteiger partial charge in [-0.2, -0.15) is 4.80 Å². The fourth-order valence-electron chi connectivity index (χ4n) is 2.39. The SMILES string of the molecule is CCOc1ccc(OCC)c(NC(=O)Cn2nnc(-c3ccncc3)n2)c1. The average Bonchev–Trinajstić information content (AvgIpc) is 3.13. The maximum Gasteiger partial charge on any atom is 0.248 e. The first-order chi connectivity index (χ1) is 13.2. The summed E-state index contributed by atoms with van der Waals surface area (Å²) in [4.78, 5) is 17.6. The zero-order chi connectivity index (χ0) is 19.1. The van der Waals surface area contributed by atoms with Gasteiger partial charge in [-0.05, 0) is 43.3 Å². The molecule has 0 fully saturated rings. The molecule has 0 aliphatic heterocycles. The first-order valence-electron chi connectivity index (χ1n) is 8.57. The molecule has 0 radical (unpaired) electrons. The Bertz CT molecular complexity index is 897. The molecule has 3 aromatic rings. The van der Waals surface area contributed by atoms with Crippen molar-refractivity contribution in [1.29, 1.82) is 0 Å². The van der Waals surface area contributed by atoms with Crippen LogP contribution < -0.4 is 14.8 Å². The summed E-state index contributed by atoms with van der Waals surface area (Å²) in [5.41, 5.74) is 1.31. The van der Waals surface area contributed by atoms with Crippen molar-refractivity contribution < 1.29 is 14.3 Å². The molecule has 1 N–H and O–H groups in total. The maximum atomic E-state index is 12.4. The second-order valence-electron chi connectivity index (χ2n) is 5.45. The van der Waals surface area contributed by atoms with E-state index < -0.39 is 0 Å². The molecule has 0 bridgehead atoms. The van der Waals surface area contributed by atoms with Crippen LogP contribution in [-0.2, 0) is 11.3 Å².